The van der Waals surface area contributed by atoms with Crippen molar-refractivity contribution in [3.63, 3.8) is 0 Å². The molecular formula is C12H13BrF2OZn. The number of benzene rings is 1. The van der Waals surface area contributed by atoms with Gasteiger partial charge < -0.3 is 4.74 Å². The molecule has 90 valence electrons. The fourth-order valence-electron chi connectivity index (χ4n) is 1.90. The molecule has 0 N–H and O–H groups in total. The minimum atomic E-state index is -0.666. The van der Waals surface area contributed by atoms with Gasteiger partial charge in [-0.1, -0.05) is 6.42 Å². The molecule has 0 amide bonds. The van der Waals surface area contributed by atoms with E-state index in [2.05, 4.69) is 19.7 Å². The van der Waals surface area contributed by atoms with Crippen LogP contribution in [0.15, 0.2) is 12.1 Å². The molecule has 0 saturated heterocycles. The van der Waals surface area contributed by atoms with Crippen LogP contribution in [-0.4, -0.2) is 6.10 Å². The molecule has 0 spiro atoms. The zero-order valence-electron chi connectivity index (χ0n) is 9.52. The van der Waals surface area contributed by atoms with Gasteiger partial charge in [-0.25, -0.2) is 0 Å². The van der Waals surface area contributed by atoms with E-state index in [9.17, 15) is 8.78 Å². The van der Waals surface area contributed by atoms with Crippen molar-refractivity contribution in [2.75, 3.05) is 0 Å². The standard InChI is InChI=1S/C12H13F2O.BrH.Zn/c13-10-7-4-8-11(14)12(10)15-9-5-2-1-3-6-9;;/h7-9H,1-3,5-6H2;1H;/q-1;;+2/p-1. The van der Waals surface area contributed by atoms with Gasteiger partial charge in [0.1, 0.15) is 0 Å². The van der Waals surface area contributed by atoms with Crippen molar-refractivity contribution in [2.45, 2.75) is 38.2 Å². The normalized spacial score (nSPS) is 16.1. The average Bonchev–Trinajstić information content (AvgIpc) is 2.38. The van der Waals surface area contributed by atoms with Gasteiger partial charge in [0.05, 0.1) is 23.5 Å². The second-order valence-corrected chi connectivity index (χ2v) is 3.86. The van der Waals surface area contributed by atoms with E-state index in [1.807, 2.05) is 0 Å². The Bertz CT molecular complexity index is 323. The van der Waals surface area contributed by atoms with Crippen molar-refractivity contribution in [1.82, 2.24) is 0 Å². The minimum absolute atomic E-state index is 0.0369. The third kappa shape index (κ3) is 4.63. The fraction of sp³-hybridized carbons (Fsp3) is 0.500. The molecule has 0 aliphatic heterocycles. The molecule has 1 aromatic carbocycles. The predicted octanol–water partition coefficient (Wildman–Crippen LogP) is 4.32. The Labute approximate surface area is 117 Å². The van der Waals surface area contributed by atoms with Crippen LogP contribution in [0, 0.1) is 17.7 Å². The second kappa shape index (κ2) is 8.15. The molecule has 0 heterocycles. The van der Waals surface area contributed by atoms with Crippen LogP contribution in [-0.2, 0) is 16.3 Å². The van der Waals surface area contributed by atoms with Gasteiger partial charge in [0.25, 0.3) is 0 Å². The summed E-state index contributed by atoms with van der Waals surface area (Å²) in [6.07, 6.45) is 5.08. The fourth-order valence-corrected chi connectivity index (χ4v) is 1.90. The summed E-state index contributed by atoms with van der Waals surface area (Å²) in [5.41, 5.74) is 0. The van der Waals surface area contributed by atoms with E-state index in [4.69, 9.17) is 4.74 Å². The van der Waals surface area contributed by atoms with E-state index in [1.54, 1.807) is 0 Å². The second-order valence-electron chi connectivity index (χ2n) is 3.86. The number of hydrogen-bond acceptors (Lipinski definition) is 1. The zero-order valence-corrected chi connectivity index (χ0v) is 14.1. The van der Waals surface area contributed by atoms with Gasteiger partial charge in [0.2, 0.25) is 0 Å². The summed E-state index contributed by atoms with van der Waals surface area (Å²) in [5.74, 6) is -1.58. The first-order valence-corrected chi connectivity index (χ1v) is 12.5. The van der Waals surface area contributed by atoms with E-state index in [1.165, 1.54) is 22.8 Å². The maximum atomic E-state index is 13.2. The van der Waals surface area contributed by atoms with E-state index in [0.29, 0.717) is 0 Å². The van der Waals surface area contributed by atoms with Gasteiger partial charge in [-0.05, 0) is 25.7 Å². The van der Waals surface area contributed by atoms with Gasteiger partial charge in [0, 0.05) is 0 Å². The summed E-state index contributed by atoms with van der Waals surface area (Å²) in [4.78, 5) is 0. The first kappa shape index (κ1) is 15.0. The van der Waals surface area contributed by atoms with Gasteiger partial charge in [-0.15, -0.1) is 12.1 Å². The Morgan fingerprint density at radius 2 is 1.65 bits per heavy atom. The molecule has 0 atom stereocenters. The predicted molar refractivity (Wildman–Crippen MR) is 61.6 cm³/mol. The van der Waals surface area contributed by atoms with E-state index in [0.717, 1.165) is 37.8 Å². The Kier molecular flexibility index (Phi) is 7.21. The summed E-state index contributed by atoms with van der Waals surface area (Å²) in [6, 6.07) is 4.57. The van der Waals surface area contributed by atoms with Crippen molar-refractivity contribution < 1.29 is 29.9 Å². The SMILES string of the molecule is Fc1c[c-]cc(F)c1OC1CCCCC1.[Zn+][Br]. The van der Waals surface area contributed by atoms with Crippen molar-refractivity contribution in [3.8, 4) is 5.75 Å². The zero-order chi connectivity index (χ0) is 12.7. The Morgan fingerprint density at radius 3 is 2.18 bits per heavy atom. The number of hydrogen-bond donors (Lipinski definition) is 0. The van der Waals surface area contributed by atoms with Crippen LogP contribution in [0.25, 0.3) is 0 Å². The molecule has 17 heavy (non-hydrogen) atoms. The molecule has 0 bridgehead atoms. The Morgan fingerprint density at radius 1 is 1.12 bits per heavy atom. The van der Waals surface area contributed by atoms with Crippen molar-refractivity contribution in [3.05, 3.63) is 29.8 Å². The molecule has 1 fully saturated rings. The molecule has 1 nitrogen and oxygen atoms in total. The molecule has 1 saturated carbocycles. The van der Waals surface area contributed by atoms with Crippen molar-refractivity contribution in [2.24, 2.45) is 0 Å². The summed E-state index contributed by atoms with van der Waals surface area (Å²) in [7, 11) is 0. The topological polar surface area (TPSA) is 9.23 Å². The Balaban J connectivity index is 0.000000686. The third-order valence-corrected chi connectivity index (χ3v) is 2.69. The van der Waals surface area contributed by atoms with Crippen LogP contribution in [0.2, 0.25) is 0 Å². The quantitative estimate of drug-likeness (QED) is 0.566. The number of halogens is 3. The molecule has 0 unspecified atom stereocenters. The summed E-state index contributed by atoms with van der Waals surface area (Å²) in [5, 5.41) is 0. The molecule has 2 rings (SSSR count). The van der Waals surface area contributed by atoms with Crippen LogP contribution in [0.3, 0.4) is 0 Å². The van der Waals surface area contributed by atoms with Crippen LogP contribution in [0.5, 0.6) is 5.75 Å². The van der Waals surface area contributed by atoms with E-state index in [-0.39, 0.29) is 11.9 Å². The monoisotopic (exact) mass is 354 g/mol. The van der Waals surface area contributed by atoms with E-state index >= 15 is 0 Å². The first-order chi connectivity index (χ1) is 8.27. The molecule has 5 heteroatoms. The molecule has 1 aliphatic carbocycles. The van der Waals surface area contributed by atoms with E-state index < -0.39 is 11.6 Å². The maximum absolute atomic E-state index is 13.2. The first-order valence-electron chi connectivity index (χ1n) is 5.56. The summed E-state index contributed by atoms with van der Waals surface area (Å²) in [6.45, 7) is 0. The summed E-state index contributed by atoms with van der Waals surface area (Å²) < 4.78 is 31.8. The van der Waals surface area contributed by atoms with Crippen LogP contribution >= 0.6 is 13.6 Å². The average molecular weight is 357 g/mol. The van der Waals surface area contributed by atoms with Gasteiger partial charge in [-0.2, -0.15) is 6.07 Å². The molecular weight excluding hydrogens is 343 g/mol. The number of rotatable bonds is 2. The summed E-state index contributed by atoms with van der Waals surface area (Å²) >= 11 is 4.25. The molecule has 1 aromatic rings. The Hall–Kier alpha value is -0.0166. The van der Waals surface area contributed by atoms with Crippen LogP contribution < -0.4 is 4.74 Å². The van der Waals surface area contributed by atoms with Gasteiger partial charge >= 0.3 is 30.0 Å². The van der Waals surface area contributed by atoms with Gasteiger partial charge in [0.15, 0.2) is 0 Å². The van der Waals surface area contributed by atoms with Crippen molar-refractivity contribution in [1.29, 1.82) is 0 Å². The molecule has 0 aromatic heterocycles. The number of ether oxygens (including phenoxy) is 1. The van der Waals surface area contributed by atoms with Crippen molar-refractivity contribution >= 4 is 13.6 Å². The molecule has 1 aliphatic rings. The van der Waals surface area contributed by atoms with Gasteiger partial charge in [-0.3, -0.25) is 8.78 Å². The third-order valence-electron chi connectivity index (χ3n) is 2.69. The molecule has 0 radical (unpaired) electrons. The van der Waals surface area contributed by atoms with Crippen LogP contribution in [0.1, 0.15) is 32.1 Å². The van der Waals surface area contributed by atoms with Crippen LogP contribution in [0.4, 0.5) is 8.78 Å².